The number of hydrogen-bond donors (Lipinski definition) is 1. The maximum Gasteiger partial charge on any atom is 0.244 e. The zero-order chi connectivity index (χ0) is 20.3. The van der Waals surface area contributed by atoms with E-state index < -0.39 is 17.8 Å². The fourth-order valence-electron chi connectivity index (χ4n) is 2.83. The lowest BCUT2D eigenvalue weighted by Crippen LogP contribution is -2.25. The predicted octanol–water partition coefficient (Wildman–Crippen LogP) is 4.03. The second kappa shape index (κ2) is 8.31. The van der Waals surface area contributed by atoms with Crippen LogP contribution in [0.3, 0.4) is 0 Å². The highest BCUT2D eigenvalue weighted by Crippen LogP contribution is 2.32. The number of fused-ring (bicyclic) bond motifs is 1. The number of nitrogens with zero attached hydrogens (tertiary/aromatic N) is 2. The largest absolute Gasteiger partial charge is 0.493 e. The summed E-state index contributed by atoms with van der Waals surface area (Å²) >= 11 is 6.15. The van der Waals surface area contributed by atoms with Crippen LogP contribution in [-0.4, -0.2) is 29.5 Å². The lowest BCUT2D eigenvalue weighted by Gasteiger charge is -2.16. The van der Waals surface area contributed by atoms with Crippen molar-refractivity contribution in [3.63, 3.8) is 0 Å². The highest BCUT2D eigenvalue weighted by Gasteiger charge is 2.17. The van der Waals surface area contributed by atoms with Crippen LogP contribution in [0.2, 0.25) is 5.15 Å². The van der Waals surface area contributed by atoms with Crippen molar-refractivity contribution >= 4 is 29.2 Å². The van der Waals surface area contributed by atoms with Crippen molar-refractivity contribution in [2.75, 3.05) is 14.2 Å². The molecule has 0 bridgehead atoms. The van der Waals surface area contributed by atoms with Crippen molar-refractivity contribution in [1.82, 2.24) is 14.7 Å². The molecule has 1 atom stereocenters. The van der Waals surface area contributed by atoms with Crippen LogP contribution in [0.1, 0.15) is 24.2 Å². The summed E-state index contributed by atoms with van der Waals surface area (Å²) in [7, 11) is 2.89. The van der Waals surface area contributed by atoms with Gasteiger partial charge in [-0.15, -0.1) is 0 Å². The van der Waals surface area contributed by atoms with Crippen molar-refractivity contribution in [2.45, 2.75) is 13.0 Å². The molecule has 2 aromatic heterocycles. The maximum atomic E-state index is 14.4. The number of ether oxygens (including phenoxy) is 2. The van der Waals surface area contributed by atoms with Crippen LogP contribution in [0.15, 0.2) is 42.6 Å². The number of aromatic nitrogens is 2. The average molecular weight is 404 g/mol. The molecule has 0 aliphatic heterocycles. The normalized spacial score (nSPS) is 12.3. The topological polar surface area (TPSA) is 64.9 Å². The molecule has 6 nitrogen and oxygen atoms in total. The Morgan fingerprint density at radius 1 is 1.29 bits per heavy atom. The number of methoxy groups -OCH3 is 2. The number of halogens is 2. The van der Waals surface area contributed by atoms with E-state index in [1.165, 1.54) is 32.4 Å². The van der Waals surface area contributed by atoms with Gasteiger partial charge in [0.05, 0.1) is 26.0 Å². The molecule has 0 radical (unpaired) electrons. The number of rotatable bonds is 6. The molecule has 1 aromatic carbocycles. The summed E-state index contributed by atoms with van der Waals surface area (Å²) in [5, 5.41) is 3.01. The Morgan fingerprint density at radius 2 is 2.00 bits per heavy atom. The van der Waals surface area contributed by atoms with Gasteiger partial charge >= 0.3 is 0 Å². The summed E-state index contributed by atoms with van der Waals surface area (Å²) in [6, 6.07) is 7.64. The van der Waals surface area contributed by atoms with E-state index in [9.17, 15) is 9.18 Å². The molecule has 1 N–H and O–H groups in total. The van der Waals surface area contributed by atoms with Gasteiger partial charge in [-0.05, 0) is 31.2 Å². The van der Waals surface area contributed by atoms with E-state index in [1.54, 1.807) is 23.6 Å². The monoisotopic (exact) mass is 403 g/mol. The first kappa shape index (κ1) is 19.7. The Hall–Kier alpha value is -3.06. The Balaban J connectivity index is 1.77. The molecule has 3 rings (SSSR count). The minimum absolute atomic E-state index is 0.282. The van der Waals surface area contributed by atoms with Crippen molar-refractivity contribution in [3.8, 4) is 11.5 Å². The van der Waals surface area contributed by atoms with Crippen LogP contribution in [0.25, 0.3) is 11.7 Å². The predicted molar refractivity (Wildman–Crippen MR) is 105 cm³/mol. The van der Waals surface area contributed by atoms with Gasteiger partial charge < -0.3 is 14.8 Å². The fraction of sp³-hybridized carbons (Fsp3) is 0.200. The van der Waals surface area contributed by atoms with Crippen LogP contribution in [0, 0.1) is 5.82 Å². The first-order valence-corrected chi connectivity index (χ1v) is 8.85. The smallest absolute Gasteiger partial charge is 0.244 e. The summed E-state index contributed by atoms with van der Waals surface area (Å²) < 4.78 is 26.4. The molecule has 0 aliphatic rings. The molecule has 0 fully saturated rings. The number of amides is 1. The molecule has 1 amide bonds. The van der Waals surface area contributed by atoms with E-state index in [1.807, 2.05) is 18.2 Å². The maximum absolute atomic E-state index is 14.4. The van der Waals surface area contributed by atoms with Crippen LogP contribution < -0.4 is 14.8 Å². The van der Waals surface area contributed by atoms with Crippen molar-refractivity contribution in [1.29, 1.82) is 0 Å². The molecule has 146 valence electrons. The third kappa shape index (κ3) is 3.94. The van der Waals surface area contributed by atoms with Gasteiger partial charge in [0, 0.05) is 23.9 Å². The van der Waals surface area contributed by atoms with E-state index in [4.69, 9.17) is 21.1 Å². The third-order valence-electron chi connectivity index (χ3n) is 4.24. The van der Waals surface area contributed by atoms with Gasteiger partial charge in [-0.3, -0.25) is 9.20 Å². The van der Waals surface area contributed by atoms with Crippen molar-refractivity contribution in [2.24, 2.45) is 0 Å². The molecule has 0 spiro atoms. The van der Waals surface area contributed by atoms with Crippen molar-refractivity contribution in [3.05, 3.63) is 64.8 Å². The number of benzene rings is 1. The van der Waals surface area contributed by atoms with Gasteiger partial charge in [-0.1, -0.05) is 17.7 Å². The number of pyridine rings is 1. The zero-order valence-electron chi connectivity index (χ0n) is 15.6. The number of carbonyl (C=O) groups is 1. The summed E-state index contributed by atoms with van der Waals surface area (Å²) in [6.07, 6.45) is 4.69. The Morgan fingerprint density at radius 3 is 2.71 bits per heavy atom. The highest BCUT2D eigenvalue weighted by molar-refractivity contribution is 6.31. The zero-order valence-corrected chi connectivity index (χ0v) is 16.3. The van der Waals surface area contributed by atoms with Crippen LogP contribution in [0.5, 0.6) is 11.5 Å². The first-order valence-electron chi connectivity index (χ1n) is 8.47. The summed E-state index contributed by atoms with van der Waals surface area (Å²) in [6.45, 7) is 1.68. The molecule has 28 heavy (non-hydrogen) atoms. The average Bonchev–Trinajstić information content (AvgIpc) is 3.00. The molecule has 3 aromatic rings. The first-order chi connectivity index (χ1) is 13.4. The van der Waals surface area contributed by atoms with Gasteiger partial charge in [0.15, 0.2) is 16.7 Å². The second-order valence-electron chi connectivity index (χ2n) is 6.01. The summed E-state index contributed by atoms with van der Waals surface area (Å²) in [5.41, 5.74) is 1.54. The molecule has 0 aliphatic carbocycles. The number of imidazole rings is 1. The van der Waals surface area contributed by atoms with Crippen molar-refractivity contribution < 1.29 is 18.7 Å². The number of carbonyl (C=O) groups excluding carboxylic acids is 1. The molecule has 0 saturated carbocycles. The molecule has 0 saturated heterocycles. The van der Waals surface area contributed by atoms with E-state index in [-0.39, 0.29) is 16.5 Å². The third-order valence-corrected chi connectivity index (χ3v) is 4.52. The van der Waals surface area contributed by atoms with Gasteiger partial charge in [-0.2, -0.15) is 0 Å². The van der Waals surface area contributed by atoms with E-state index in [0.717, 1.165) is 0 Å². The van der Waals surface area contributed by atoms with Crippen LogP contribution >= 0.6 is 11.6 Å². The Labute approximate surface area is 166 Å². The standard InChI is InChI=1S/C20H19ClFN3O3/c1-12(13-10-16(27-2)17(28-3)11-14(13)22)23-19(26)8-7-15-20(21)24-18-6-4-5-9-25(15)18/h4-12H,1-3H3,(H,23,26)/b8-7+. The Bertz CT molecular complexity index is 1050. The number of hydrogen-bond acceptors (Lipinski definition) is 4. The van der Waals surface area contributed by atoms with Crippen LogP contribution in [-0.2, 0) is 4.79 Å². The number of nitrogens with one attached hydrogen (secondary N) is 1. The molecule has 2 heterocycles. The fourth-order valence-corrected chi connectivity index (χ4v) is 3.07. The van der Waals surface area contributed by atoms with E-state index in [2.05, 4.69) is 10.3 Å². The van der Waals surface area contributed by atoms with E-state index >= 15 is 0 Å². The lowest BCUT2D eigenvalue weighted by atomic mass is 10.1. The molecular formula is C20H19ClFN3O3. The molecule has 8 heteroatoms. The van der Waals surface area contributed by atoms with Gasteiger partial charge in [0.2, 0.25) is 5.91 Å². The van der Waals surface area contributed by atoms with Gasteiger partial charge in [0.1, 0.15) is 11.5 Å². The minimum Gasteiger partial charge on any atom is -0.493 e. The minimum atomic E-state index is -0.588. The quantitative estimate of drug-likeness (QED) is 0.631. The van der Waals surface area contributed by atoms with Gasteiger partial charge in [0.25, 0.3) is 0 Å². The highest BCUT2D eigenvalue weighted by atomic mass is 35.5. The Kier molecular flexibility index (Phi) is 5.84. The second-order valence-corrected chi connectivity index (χ2v) is 6.37. The summed E-state index contributed by atoms with van der Waals surface area (Å²) in [4.78, 5) is 16.5. The SMILES string of the molecule is COc1cc(F)c(C(C)NC(=O)/C=C/c2c(Cl)nc3ccccn23)cc1OC. The van der Waals surface area contributed by atoms with E-state index in [0.29, 0.717) is 17.1 Å². The summed E-state index contributed by atoms with van der Waals surface area (Å²) in [5.74, 6) is -0.236. The van der Waals surface area contributed by atoms with Gasteiger partial charge in [-0.25, -0.2) is 9.37 Å². The molecule has 1 unspecified atom stereocenters. The van der Waals surface area contributed by atoms with Crippen LogP contribution in [0.4, 0.5) is 4.39 Å². The lowest BCUT2D eigenvalue weighted by molar-refractivity contribution is -0.117. The molecular weight excluding hydrogens is 385 g/mol.